The molecule has 0 aliphatic carbocycles. The van der Waals surface area contributed by atoms with E-state index < -0.39 is 0 Å². The van der Waals surface area contributed by atoms with Crippen molar-refractivity contribution in [3.63, 3.8) is 0 Å². The van der Waals surface area contributed by atoms with Crippen LogP contribution in [-0.4, -0.2) is 12.3 Å². The molecule has 92 valence electrons. The largest absolute Gasteiger partial charge is 0.460 e. The van der Waals surface area contributed by atoms with E-state index in [-0.39, 0.29) is 5.78 Å². The van der Waals surface area contributed by atoms with Crippen LogP contribution in [0.5, 0.6) is 0 Å². The van der Waals surface area contributed by atoms with Gasteiger partial charge < -0.3 is 9.73 Å². The predicted molar refractivity (Wildman–Crippen MR) is 71.7 cm³/mol. The van der Waals surface area contributed by atoms with E-state index in [2.05, 4.69) is 21.2 Å². The molecule has 0 bridgehead atoms. The molecule has 0 unspecified atom stereocenters. The van der Waals surface area contributed by atoms with Crippen molar-refractivity contribution in [1.82, 2.24) is 5.32 Å². The van der Waals surface area contributed by atoms with Crippen LogP contribution in [-0.2, 0) is 13.0 Å². The smallest absolute Gasteiger partial charge is 0.229 e. The normalized spacial score (nSPS) is 14.3. The number of hydrogen-bond acceptors (Lipinski definition) is 3. The second kappa shape index (κ2) is 4.71. The van der Waals surface area contributed by atoms with E-state index in [0.717, 1.165) is 19.5 Å². The Kier molecular flexibility index (Phi) is 3.06. The van der Waals surface area contributed by atoms with Gasteiger partial charge in [-0.3, -0.25) is 4.79 Å². The fourth-order valence-corrected chi connectivity index (χ4v) is 2.59. The Bertz CT molecular complexity index is 604. The third kappa shape index (κ3) is 2.02. The van der Waals surface area contributed by atoms with Crippen molar-refractivity contribution >= 4 is 21.7 Å². The number of rotatable bonds is 2. The topological polar surface area (TPSA) is 42.2 Å². The summed E-state index contributed by atoms with van der Waals surface area (Å²) in [7, 11) is 0. The first kappa shape index (κ1) is 11.7. The van der Waals surface area contributed by atoms with Crippen LogP contribution in [0.1, 0.15) is 27.2 Å². The minimum absolute atomic E-state index is 0.0831. The molecule has 1 aromatic heterocycles. The van der Waals surface area contributed by atoms with Crippen molar-refractivity contribution < 1.29 is 9.21 Å². The molecule has 1 aliphatic heterocycles. The minimum Gasteiger partial charge on any atom is -0.460 e. The molecule has 0 saturated heterocycles. The number of halogens is 1. The van der Waals surface area contributed by atoms with Gasteiger partial charge in [-0.15, -0.1) is 0 Å². The SMILES string of the molecule is O=C(c1ccc2c(c1)CNCC2)c1occc1Br. The highest BCUT2D eigenvalue weighted by Crippen LogP contribution is 2.23. The molecule has 0 amide bonds. The van der Waals surface area contributed by atoms with Crippen molar-refractivity contribution in [3.8, 4) is 0 Å². The van der Waals surface area contributed by atoms with E-state index in [9.17, 15) is 4.79 Å². The third-order valence-corrected chi connectivity index (χ3v) is 3.80. The predicted octanol–water partition coefficient (Wildman–Crippen LogP) is 2.92. The Balaban J connectivity index is 1.98. The molecule has 0 spiro atoms. The summed E-state index contributed by atoms with van der Waals surface area (Å²) >= 11 is 3.31. The number of nitrogens with one attached hydrogen (secondary N) is 1. The molecule has 0 fully saturated rings. The van der Waals surface area contributed by atoms with Crippen molar-refractivity contribution in [2.75, 3.05) is 6.54 Å². The van der Waals surface area contributed by atoms with Crippen LogP contribution in [0.2, 0.25) is 0 Å². The van der Waals surface area contributed by atoms with Gasteiger partial charge in [0.05, 0.1) is 10.7 Å². The fourth-order valence-electron chi connectivity index (χ4n) is 2.21. The molecule has 2 aromatic rings. The fraction of sp³-hybridized carbons (Fsp3) is 0.214. The van der Waals surface area contributed by atoms with Crippen molar-refractivity contribution in [3.05, 3.63) is 57.5 Å². The average Bonchev–Trinajstić information content (AvgIpc) is 2.83. The van der Waals surface area contributed by atoms with Crippen LogP contribution < -0.4 is 5.32 Å². The number of hydrogen-bond donors (Lipinski definition) is 1. The Labute approximate surface area is 113 Å². The van der Waals surface area contributed by atoms with Crippen molar-refractivity contribution in [2.45, 2.75) is 13.0 Å². The Hall–Kier alpha value is -1.39. The first-order valence-electron chi connectivity index (χ1n) is 5.86. The zero-order valence-electron chi connectivity index (χ0n) is 9.70. The molecule has 4 heteroatoms. The standard InChI is InChI=1S/C14H12BrNO2/c15-12-4-6-18-14(12)13(17)10-2-1-9-3-5-16-8-11(9)7-10/h1-2,4,6-7,16H,3,5,8H2. The number of carbonyl (C=O) groups excluding carboxylic acids is 1. The lowest BCUT2D eigenvalue weighted by molar-refractivity contribution is 0.101. The Morgan fingerprint density at radius 1 is 1.28 bits per heavy atom. The van der Waals surface area contributed by atoms with E-state index in [1.165, 1.54) is 17.4 Å². The van der Waals surface area contributed by atoms with Gasteiger partial charge in [0, 0.05) is 12.1 Å². The van der Waals surface area contributed by atoms with Crippen LogP contribution in [0.4, 0.5) is 0 Å². The first-order valence-corrected chi connectivity index (χ1v) is 6.65. The molecule has 1 N–H and O–H groups in total. The summed E-state index contributed by atoms with van der Waals surface area (Å²) in [5.41, 5.74) is 3.20. The molecule has 18 heavy (non-hydrogen) atoms. The number of ketones is 1. The van der Waals surface area contributed by atoms with Gasteiger partial charge in [-0.05, 0) is 52.2 Å². The van der Waals surface area contributed by atoms with Crippen LogP contribution in [0.3, 0.4) is 0 Å². The van der Waals surface area contributed by atoms with Gasteiger partial charge in [0.1, 0.15) is 0 Å². The number of fused-ring (bicyclic) bond motifs is 1. The highest BCUT2D eigenvalue weighted by Gasteiger charge is 2.18. The maximum absolute atomic E-state index is 12.3. The molecule has 0 radical (unpaired) electrons. The Morgan fingerprint density at radius 2 is 2.17 bits per heavy atom. The summed E-state index contributed by atoms with van der Waals surface area (Å²) in [4.78, 5) is 12.3. The molecule has 3 nitrogen and oxygen atoms in total. The molecule has 1 aliphatic rings. The quantitative estimate of drug-likeness (QED) is 0.868. The van der Waals surface area contributed by atoms with E-state index >= 15 is 0 Å². The average molecular weight is 306 g/mol. The van der Waals surface area contributed by atoms with E-state index in [0.29, 0.717) is 15.8 Å². The highest BCUT2D eigenvalue weighted by molar-refractivity contribution is 9.10. The van der Waals surface area contributed by atoms with Crippen LogP contribution in [0, 0.1) is 0 Å². The molecule has 0 atom stereocenters. The van der Waals surface area contributed by atoms with Crippen molar-refractivity contribution in [1.29, 1.82) is 0 Å². The van der Waals surface area contributed by atoms with Crippen molar-refractivity contribution in [2.24, 2.45) is 0 Å². The van der Waals surface area contributed by atoms with E-state index in [1.54, 1.807) is 6.07 Å². The summed E-state index contributed by atoms with van der Waals surface area (Å²) in [5, 5.41) is 3.31. The summed E-state index contributed by atoms with van der Waals surface area (Å²) in [6.07, 6.45) is 2.53. The van der Waals surface area contributed by atoms with Crippen LogP contribution in [0.15, 0.2) is 39.4 Å². The van der Waals surface area contributed by atoms with E-state index in [4.69, 9.17) is 4.42 Å². The molecule has 1 aromatic carbocycles. The summed E-state index contributed by atoms with van der Waals surface area (Å²) < 4.78 is 5.91. The van der Waals surface area contributed by atoms with Gasteiger partial charge in [0.25, 0.3) is 0 Å². The first-order chi connectivity index (χ1) is 8.75. The number of carbonyl (C=O) groups is 1. The summed E-state index contributed by atoms with van der Waals surface area (Å²) in [6.45, 7) is 1.83. The molecular weight excluding hydrogens is 294 g/mol. The summed E-state index contributed by atoms with van der Waals surface area (Å²) in [6, 6.07) is 7.60. The minimum atomic E-state index is -0.0831. The van der Waals surface area contributed by atoms with E-state index in [1.807, 2.05) is 18.2 Å². The zero-order valence-corrected chi connectivity index (χ0v) is 11.3. The van der Waals surface area contributed by atoms with Gasteiger partial charge in [-0.1, -0.05) is 12.1 Å². The monoisotopic (exact) mass is 305 g/mol. The summed E-state index contributed by atoms with van der Waals surface area (Å²) in [5.74, 6) is 0.277. The van der Waals surface area contributed by atoms with Gasteiger partial charge in [-0.25, -0.2) is 0 Å². The maximum atomic E-state index is 12.3. The van der Waals surface area contributed by atoms with Gasteiger partial charge in [0.2, 0.25) is 5.78 Å². The lowest BCUT2D eigenvalue weighted by Gasteiger charge is -2.17. The van der Waals surface area contributed by atoms with Crippen LogP contribution >= 0.6 is 15.9 Å². The number of benzene rings is 1. The second-order valence-corrected chi connectivity index (χ2v) is 5.19. The van der Waals surface area contributed by atoms with Gasteiger partial charge in [0.15, 0.2) is 5.76 Å². The number of furan rings is 1. The van der Waals surface area contributed by atoms with Gasteiger partial charge in [-0.2, -0.15) is 0 Å². The molecular formula is C14H12BrNO2. The zero-order chi connectivity index (χ0) is 12.5. The lowest BCUT2D eigenvalue weighted by atomic mass is 9.96. The third-order valence-electron chi connectivity index (χ3n) is 3.18. The van der Waals surface area contributed by atoms with Crippen LogP contribution in [0.25, 0.3) is 0 Å². The molecule has 0 saturated carbocycles. The molecule has 3 rings (SSSR count). The van der Waals surface area contributed by atoms with Gasteiger partial charge >= 0.3 is 0 Å². The molecule has 2 heterocycles. The maximum Gasteiger partial charge on any atom is 0.229 e. The second-order valence-electron chi connectivity index (χ2n) is 4.34. The Morgan fingerprint density at radius 3 is 2.94 bits per heavy atom. The highest BCUT2D eigenvalue weighted by atomic mass is 79.9. The lowest BCUT2D eigenvalue weighted by Crippen LogP contribution is -2.23.